The number of hydrogen-bond acceptors (Lipinski definition) is 15. The summed E-state index contributed by atoms with van der Waals surface area (Å²) in [6.07, 6.45) is 86.8. The molecule has 0 aliphatic heterocycles. The van der Waals surface area contributed by atoms with Gasteiger partial charge in [-0.1, -0.05) is 268 Å². The van der Waals surface area contributed by atoms with E-state index in [4.69, 9.17) is 37.0 Å². The van der Waals surface area contributed by atoms with Gasteiger partial charge >= 0.3 is 39.5 Å². The lowest BCUT2D eigenvalue weighted by Gasteiger charge is -2.21. The predicted molar refractivity (Wildman–Crippen MR) is 417 cm³/mol. The Balaban J connectivity index is 5.51. The molecule has 0 heterocycles. The van der Waals surface area contributed by atoms with Crippen LogP contribution in [0.25, 0.3) is 0 Å². The van der Waals surface area contributed by atoms with E-state index in [1.54, 1.807) is 12.2 Å². The van der Waals surface area contributed by atoms with Crippen LogP contribution < -0.4 is 0 Å². The molecule has 0 spiro atoms. The first-order valence-corrected chi connectivity index (χ1v) is 41.4. The van der Waals surface area contributed by atoms with Crippen molar-refractivity contribution in [3.8, 4) is 0 Å². The average Bonchev–Trinajstić information content (AvgIpc) is 0.924. The summed E-state index contributed by atoms with van der Waals surface area (Å²) in [7, 11) is -10.0. The fourth-order valence-corrected chi connectivity index (χ4v) is 11.0. The monoisotopic (exact) mass is 1460 g/mol. The van der Waals surface area contributed by atoms with Crippen molar-refractivity contribution >= 4 is 39.5 Å². The Hall–Kier alpha value is -5.58. The number of unbranched alkanes of at least 4 members (excludes halogenated alkanes) is 17. The van der Waals surface area contributed by atoms with Crippen molar-refractivity contribution in [1.29, 1.82) is 0 Å². The normalized spacial score (nSPS) is 14.9. The zero-order valence-electron chi connectivity index (χ0n) is 63.0. The lowest BCUT2D eigenvalue weighted by Crippen LogP contribution is -2.30. The van der Waals surface area contributed by atoms with Gasteiger partial charge in [0.05, 0.1) is 32.8 Å². The molecule has 5 unspecified atom stereocenters. The number of aliphatic hydroxyl groups is 1. The highest BCUT2D eigenvalue weighted by molar-refractivity contribution is 7.47. The Kier molecular flexibility index (Phi) is 69.7. The van der Waals surface area contributed by atoms with E-state index >= 15 is 0 Å². The van der Waals surface area contributed by atoms with Crippen LogP contribution in [-0.4, -0.2) is 96.7 Å². The molecule has 17 nitrogen and oxygen atoms in total. The summed E-state index contributed by atoms with van der Waals surface area (Å²) in [4.78, 5) is 72.8. The molecule has 19 heteroatoms. The largest absolute Gasteiger partial charge is 0.472 e. The minimum absolute atomic E-state index is 0.0101. The van der Waals surface area contributed by atoms with Gasteiger partial charge < -0.3 is 33.8 Å². The molecular weight excluding hydrogens is 1330 g/mol. The van der Waals surface area contributed by atoms with Gasteiger partial charge in [0.15, 0.2) is 12.2 Å². The van der Waals surface area contributed by atoms with Gasteiger partial charge in [0, 0.05) is 19.3 Å². The fourth-order valence-electron chi connectivity index (χ4n) is 9.40. The summed E-state index contributed by atoms with van der Waals surface area (Å²) in [5.74, 6) is -2.46. The fraction of sp³-hybridized carbons (Fsp3) is 0.614. The first-order valence-electron chi connectivity index (χ1n) is 38.4. The smallest absolute Gasteiger partial charge is 0.462 e. The van der Waals surface area contributed by atoms with E-state index < -0.39 is 97.5 Å². The molecule has 0 rings (SSSR count). The standard InChI is InChI=1S/C83H134O17P2/c1-5-9-13-17-21-25-29-33-36-37-38-39-42-45-48-52-56-60-64-68-81(86)94-74-79(100-83(88)70-66-62-58-54-50-46-41-35-31-27-23-19-15-11-7-3)76-98-102(91,92)96-72-77(84)71-95-101(89,90)97-75-78(99-82(87)69-65-61-57-53-49-43-32-28-24-20-16-12-8-4)73-93-80(85)67-63-59-55-51-47-44-40-34-30-26-22-18-14-10-6-2/h9,11,13,15,21-23,25-28,32-36,38-41,45,48,50,54,56,60,62,66,77-79,84H,5-8,10,12,14,16-20,24,29-31,37,42-44,46-47,49,51-53,55,57-59,61,63-65,67-76H2,1-4H3,(H,89,90)(H,91,92)/b13-9-,15-11-,25-21-,26-22-,27-23-,32-28-,36-33-,39-38-,40-34-,41-35-,48-45-,54-50-,60-56-,66-62-. The Labute approximate surface area is 616 Å². The van der Waals surface area contributed by atoms with Crippen molar-refractivity contribution < 1.29 is 80.2 Å². The van der Waals surface area contributed by atoms with Gasteiger partial charge in [-0.3, -0.25) is 37.3 Å². The van der Waals surface area contributed by atoms with Gasteiger partial charge in [-0.25, -0.2) is 9.13 Å². The lowest BCUT2D eigenvalue weighted by atomic mass is 10.1. The lowest BCUT2D eigenvalue weighted by molar-refractivity contribution is -0.161. The van der Waals surface area contributed by atoms with E-state index in [1.807, 2.05) is 30.4 Å². The van der Waals surface area contributed by atoms with Crippen LogP contribution in [0.1, 0.15) is 272 Å². The van der Waals surface area contributed by atoms with E-state index in [0.29, 0.717) is 32.1 Å². The van der Waals surface area contributed by atoms with Crippen LogP contribution in [0, 0.1) is 0 Å². The molecule has 0 aliphatic rings. The van der Waals surface area contributed by atoms with Gasteiger partial charge in [0.25, 0.3) is 0 Å². The third-order valence-corrected chi connectivity index (χ3v) is 17.1. The van der Waals surface area contributed by atoms with Crippen LogP contribution >= 0.6 is 15.6 Å². The molecule has 0 radical (unpaired) electrons. The Morgan fingerprint density at radius 2 is 0.569 bits per heavy atom. The maximum Gasteiger partial charge on any atom is 0.472 e. The molecule has 3 N–H and O–H groups in total. The number of allylic oxidation sites excluding steroid dienone is 27. The summed E-state index contributed by atoms with van der Waals surface area (Å²) in [5, 5.41) is 10.6. The molecule has 0 amide bonds. The molecule has 0 aromatic heterocycles. The van der Waals surface area contributed by atoms with Crippen LogP contribution in [0.15, 0.2) is 170 Å². The second kappa shape index (κ2) is 73.7. The van der Waals surface area contributed by atoms with Crippen molar-refractivity contribution in [1.82, 2.24) is 0 Å². The van der Waals surface area contributed by atoms with Crippen molar-refractivity contribution in [2.24, 2.45) is 0 Å². The van der Waals surface area contributed by atoms with Crippen LogP contribution in [0.5, 0.6) is 0 Å². The number of phosphoric ester groups is 2. The topological polar surface area (TPSA) is 237 Å². The number of ether oxygens (including phenoxy) is 4. The van der Waals surface area contributed by atoms with E-state index in [1.165, 1.54) is 44.9 Å². The minimum Gasteiger partial charge on any atom is -0.462 e. The maximum atomic E-state index is 13.1. The number of carbonyl (C=O) groups is 4. The highest BCUT2D eigenvalue weighted by atomic mass is 31.2. The number of phosphoric acid groups is 2. The molecule has 0 fully saturated rings. The quantitative estimate of drug-likeness (QED) is 0.0169. The zero-order valence-corrected chi connectivity index (χ0v) is 64.8. The number of rotatable bonds is 70. The van der Waals surface area contributed by atoms with Crippen molar-refractivity contribution in [3.63, 3.8) is 0 Å². The number of aliphatic hydroxyl groups excluding tert-OH is 1. The molecule has 0 bridgehead atoms. The predicted octanol–water partition coefficient (Wildman–Crippen LogP) is 22.2. The van der Waals surface area contributed by atoms with Crippen LogP contribution in [0.2, 0.25) is 0 Å². The van der Waals surface area contributed by atoms with Gasteiger partial charge in [-0.05, 0) is 148 Å². The Bertz CT molecular complexity index is 2600. The molecule has 578 valence electrons. The molecule has 0 aromatic rings. The second-order valence-corrected chi connectivity index (χ2v) is 27.7. The zero-order chi connectivity index (χ0) is 74.6. The highest BCUT2D eigenvalue weighted by Gasteiger charge is 2.30. The Morgan fingerprint density at radius 1 is 0.294 bits per heavy atom. The third kappa shape index (κ3) is 72.8. The first kappa shape index (κ1) is 96.4. The van der Waals surface area contributed by atoms with Gasteiger partial charge in [0.1, 0.15) is 19.3 Å². The van der Waals surface area contributed by atoms with E-state index in [9.17, 15) is 43.2 Å². The second-order valence-electron chi connectivity index (χ2n) is 24.8. The van der Waals surface area contributed by atoms with E-state index in [0.717, 1.165) is 141 Å². The molecular formula is C83H134O17P2. The third-order valence-electron chi connectivity index (χ3n) is 15.2. The molecule has 5 atom stereocenters. The molecule has 0 saturated carbocycles. The number of esters is 4. The SMILES string of the molecule is CC/C=C\C/C=C\C/C=C\C/C=C\C/C=C\C/C=C\CCC(=O)OCC(COP(=O)(O)OCC(O)COP(=O)(O)OCC(COC(=O)CCCCCCC/C=C\C/C=C\CCCCC)OC(=O)CCCCCCC/C=C\CCCCCC)OC(=O)C/C=C\C/C=C\C/C=C\C/C=C\C/C=C\CC. The minimum atomic E-state index is -5.02. The first-order chi connectivity index (χ1) is 49.7. The van der Waals surface area contributed by atoms with Crippen molar-refractivity contribution in [3.05, 3.63) is 170 Å². The average molecular weight is 1470 g/mol. The Morgan fingerprint density at radius 3 is 0.961 bits per heavy atom. The molecule has 0 saturated heterocycles. The van der Waals surface area contributed by atoms with E-state index in [-0.39, 0.29) is 25.7 Å². The summed E-state index contributed by atoms with van der Waals surface area (Å²) in [6.45, 7) is 4.35. The summed E-state index contributed by atoms with van der Waals surface area (Å²) in [5.41, 5.74) is 0. The van der Waals surface area contributed by atoms with Crippen LogP contribution in [-0.2, 0) is 65.4 Å². The molecule has 102 heavy (non-hydrogen) atoms. The van der Waals surface area contributed by atoms with Gasteiger partial charge in [-0.15, -0.1) is 0 Å². The maximum absolute atomic E-state index is 13.1. The van der Waals surface area contributed by atoms with Gasteiger partial charge in [-0.2, -0.15) is 0 Å². The van der Waals surface area contributed by atoms with Crippen LogP contribution in [0.3, 0.4) is 0 Å². The summed E-state index contributed by atoms with van der Waals surface area (Å²) >= 11 is 0. The van der Waals surface area contributed by atoms with Crippen molar-refractivity contribution in [2.45, 2.75) is 290 Å². The molecule has 0 aromatic carbocycles. The summed E-state index contributed by atoms with van der Waals surface area (Å²) < 4.78 is 68.2. The number of hydrogen-bond donors (Lipinski definition) is 3. The van der Waals surface area contributed by atoms with Crippen molar-refractivity contribution in [2.75, 3.05) is 39.6 Å². The van der Waals surface area contributed by atoms with E-state index in [2.05, 4.69) is 155 Å². The highest BCUT2D eigenvalue weighted by Crippen LogP contribution is 2.45. The molecule has 0 aliphatic carbocycles. The van der Waals surface area contributed by atoms with Gasteiger partial charge in [0.2, 0.25) is 0 Å². The number of carbonyl (C=O) groups excluding carboxylic acids is 4. The summed E-state index contributed by atoms with van der Waals surface area (Å²) in [6, 6.07) is 0. The van der Waals surface area contributed by atoms with Crippen LogP contribution in [0.4, 0.5) is 0 Å².